The highest BCUT2D eigenvalue weighted by Gasteiger charge is 2.46. The first-order valence-corrected chi connectivity index (χ1v) is 21.9. The Morgan fingerprint density at radius 2 is 1.63 bits per heavy atom. The van der Waals surface area contributed by atoms with Crippen molar-refractivity contribution < 1.29 is 33.4 Å². The fraction of sp³-hybridized carbons (Fsp3) is 0.511. The summed E-state index contributed by atoms with van der Waals surface area (Å²) >= 11 is 0. The lowest BCUT2D eigenvalue weighted by molar-refractivity contribution is -0.137. The summed E-state index contributed by atoms with van der Waals surface area (Å²) in [7, 11) is 0. The molecule has 4 N–H and O–H groups in total. The number of piperazine rings is 1. The Morgan fingerprint density at radius 3 is 2.35 bits per heavy atom. The van der Waals surface area contributed by atoms with Gasteiger partial charge >= 0.3 is 18.2 Å². The summed E-state index contributed by atoms with van der Waals surface area (Å²) in [6, 6.07) is 9.11. The average molecular weight is 864 g/mol. The van der Waals surface area contributed by atoms with Crippen molar-refractivity contribution in [3.63, 3.8) is 0 Å². The maximum absolute atomic E-state index is 14.7. The normalized spacial score (nSPS) is 18.8. The van der Waals surface area contributed by atoms with Crippen molar-refractivity contribution in [2.45, 2.75) is 89.5 Å². The molecule has 8 rings (SSSR count). The SMILES string of the molecule is Cc1cc(C[C@@H](NC(=O)N2CCC3(CC2)OC(=O)Nc2ncccc23)C(=O)N[C@@H](CC2CCN(C(=O)OC(C)(C)C)CC2)C(=O)N2CCN(c3ccncc3)CC2)cc2cn[nH]c12. The van der Waals surface area contributed by atoms with E-state index in [2.05, 4.69) is 41.0 Å². The van der Waals surface area contributed by atoms with Gasteiger partial charge in [0.15, 0.2) is 0 Å². The summed E-state index contributed by atoms with van der Waals surface area (Å²) in [5, 5.41) is 16.9. The van der Waals surface area contributed by atoms with Gasteiger partial charge in [-0.05, 0) is 94.3 Å². The van der Waals surface area contributed by atoms with Gasteiger partial charge in [0.2, 0.25) is 11.8 Å². The first-order valence-electron chi connectivity index (χ1n) is 21.9. The van der Waals surface area contributed by atoms with Gasteiger partial charge in [-0.1, -0.05) is 6.07 Å². The number of hydrogen-bond acceptors (Lipinski definition) is 11. The number of likely N-dealkylation sites (tertiary alicyclic amines) is 2. The van der Waals surface area contributed by atoms with Crippen LogP contribution in [0.1, 0.15) is 69.6 Å². The first-order chi connectivity index (χ1) is 30.2. The summed E-state index contributed by atoms with van der Waals surface area (Å²) in [5.41, 5.74) is 2.88. The second-order valence-electron chi connectivity index (χ2n) is 18.1. The summed E-state index contributed by atoms with van der Waals surface area (Å²) < 4.78 is 11.5. The molecule has 334 valence electrons. The minimum Gasteiger partial charge on any atom is -0.444 e. The third kappa shape index (κ3) is 9.94. The third-order valence-electron chi connectivity index (χ3n) is 12.6. The van der Waals surface area contributed by atoms with Gasteiger partial charge in [-0.2, -0.15) is 5.10 Å². The maximum Gasteiger partial charge on any atom is 0.413 e. The number of rotatable bonds is 9. The molecule has 4 aromatic rings. The number of anilines is 2. The second-order valence-corrected chi connectivity index (χ2v) is 18.1. The quantitative estimate of drug-likeness (QED) is 0.181. The molecule has 0 bridgehead atoms. The van der Waals surface area contributed by atoms with Crippen LogP contribution in [-0.2, 0) is 31.1 Å². The van der Waals surface area contributed by atoms with Crippen molar-refractivity contribution in [1.82, 2.24) is 45.5 Å². The van der Waals surface area contributed by atoms with Crippen LogP contribution in [0.5, 0.6) is 0 Å². The Bertz CT molecular complexity index is 2310. The van der Waals surface area contributed by atoms with Crippen molar-refractivity contribution in [3.8, 4) is 0 Å². The number of fused-ring (bicyclic) bond motifs is 3. The van der Waals surface area contributed by atoms with Gasteiger partial charge in [0.05, 0.1) is 11.7 Å². The molecule has 0 aliphatic carbocycles. The lowest BCUT2D eigenvalue weighted by Gasteiger charge is -2.43. The zero-order valence-corrected chi connectivity index (χ0v) is 36.4. The van der Waals surface area contributed by atoms with Gasteiger partial charge < -0.3 is 39.7 Å². The van der Waals surface area contributed by atoms with Gasteiger partial charge in [-0.15, -0.1) is 0 Å². The van der Waals surface area contributed by atoms with E-state index in [4.69, 9.17) is 9.47 Å². The Hall–Kier alpha value is -6.46. The van der Waals surface area contributed by atoms with Crippen LogP contribution < -0.4 is 20.9 Å². The maximum atomic E-state index is 14.7. The number of urea groups is 1. The number of ether oxygens (including phenoxy) is 2. The van der Waals surface area contributed by atoms with E-state index in [-0.39, 0.29) is 37.4 Å². The third-order valence-corrected chi connectivity index (χ3v) is 12.6. The predicted octanol–water partition coefficient (Wildman–Crippen LogP) is 4.71. The molecular formula is C45H57N11O7. The van der Waals surface area contributed by atoms with Gasteiger partial charge in [0.25, 0.3) is 0 Å². The lowest BCUT2D eigenvalue weighted by Crippen LogP contribution is -2.60. The predicted molar refractivity (Wildman–Crippen MR) is 234 cm³/mol. The van der Waals surface area contributed by atoms with Crippen molar-refractivity contribution in [3.05, 3.63) is 77.9 Å². The molecule has 2 atom stereocenters. The Balaban J connectivity index is 1.00. The monoisotopic (exact) mass is 863 g/mol. The smallest absolute Gasteiger partial charge is 0.413 e. The molecule has 1 aromatic carbocycles. The van der Waals surface area contributed by atoms with E-state index in [1.165, 1.54) is 0 Å². The second kappa shape index (κ2) is 18.1. The first kappa shape index (κ1) is 43.2. The highest BCUT2D eigenvalue weighted by atomic mass is 16.6. The molecule has 3 aromatic heterocycles. The number of piperidine rings is 2. The van der Waals surface area contributed by atoms with Crippen LogP contribution >= 0.6 is 0 Å². The van der Waals surface area contributed by atoms with Crippen LogP contribution in [0.25, 0.3) is 10.9 Å². The van der Waals surface area contributed by atoms with E-state index >= 15 is 0 Å². The molecule has 3 fully saturated rings. The molecule has 0 radical (unpaired) electrons. The summed E-state index contributed by atoms with van der Waals surface area (Å²) in [6.07, 6.45) is 8.37. The van der Waals surface area contributed by atoms with E-state index in [0.29, 0.717) is 77.2 Å². The summed E-state index contributed by atoms with van der Waals surface area (Å²) in [6.45, 7) is 11.1. The Kier molecular flexibility index (Phi) is 12.4. The van der Waals surface area contributed by atoms with Gasteiger partial charge in [0.1, 0.15) is 29.1 Å². The fourth-order valence-corrected chi connectivity index (χ4v) is 9.25. The number of hydrogen-bond donors (Lipinski definition) is 4. The molecule has 1 spiro atoms. The van der Waals surface area contributed by atoms with Gasteiger partial charge in [-0.25, -0.2) is 19.4 Å². The van der Waals surface area contributed by atoms with Crippen LogP contribution in [0, 0.1) is 12.8 Å². The number of benzene rings is 1. The fourth-order valence-electron chi connectivity index (χ4n) is 9.25. The number of nitrogens with zero attached hydrogens (tertiary/aromatic N) is 7. The van der Waals surface area contributed by atoms with Crippen LogP contribution in [0.15, 0.2) is 61.2 Å². The van der Waals surface area contributed by atoms with Gasteiger partial charge in [-0.3, -0.25) is 25.0 Å². The minimum atomic E-state index is -1.05. The Morgan fingerprint density at radius 1 is 0.905 bits per heavy atom. The zero-order valence-electron chi connectivity index (χ0n) is 36.4. The van der Waals surface area contributed by atoms with Crippen LogP contribution in [0.4, 0.5) is 25.9 Å². The zero-order chi connectivity index (χ0) is 44.3. The van der Waals surface area contributed by atoms with E-state index < -0.39 is 41.3 Å². The number of pyridine rings is 2. The topological polar surface area (TPSA) is 207 Å². The number of aromatic nitrogens is 4. The standard InChI is InChI=1S/C45H57N11O7/c1-29-24-31(25-32-28-48-52-37(29)32)27-35(50-41(59)55-18-11-45(12-19-55)34-6-5-13-47-38(34)51-42(60)62-45)39(57)49-36(26-30-9-16-56(17-10-30)43(61)63-44(2,3)4)40(58)54-22-20-53(21-23-54)33-7-14-46-15-8-33/h5-8,13-15,24-25,28,30,35-36H,9-12,16-23,26-27H2,1-4H3,(H,48,52)(H,49,57)(H,50,59)(H,47,51,60)/t35-,36+/m1/s1. The number of carbonyl (C=O) groups excluding carboxylic acids is 5. The molecular weight excluding hydrogens is 807 g/mol. The number of carbonyl (C=O) groups is 5. The van der Waals surface area contributed by atoms with E-state index in [1.54, 1.807) is 40.7 Å². The molecule has 7 heterocycles. The summed E-state index contributed by atoms with van der Waals surface area (Å²) in [4.78, 5) is 84.8. The number of nitrogens with one attached hydrogen (secondary N) is 4. The van der Waals surface area contributed by atoms with Crippen molar-refractivity contribution in [2.75, 3.05) is 62.6 Å². The van der Waals surface area contributed by atoms with E-state index in [1.807, 2.05) is 62.9 Å². The van der Waals surface area contributed by atoms with Crippen LogP contribution in [0.2, 0.25) is 0 Å². The lowest BCUT2D eigenvalue weighted by atomic mass is 9.83. The van der Waals surface area contributed by atoms with Crippen molar-refractivity contribution in [2.24, 2.45) is 5.92 Å². The number of aromatic amines is 1. The highest BCUT2D eigenvalue weighted by molar-refractivity contribution is 5.93. The number of amides is 6. The number of H-pyrrole nitrogens is 1. The van der Waals surface area contributed by atoms with Crippen molar-refractivity contribution >= 4 is 52.4 Å². The molecule has 6 amide bonds. The largest absolute Gasteiger partial charge is 0.444 e. The molecule has 18 heteroatoms. The molecule has 18 nitrogen and oxygen atoms in total. The van der Waals surface area contributed by atoms with Crippen LogP contribution in [0.3, 0.4) is 0 Å². The number of aryl methyl sites for hydroxylation is 1. The molecule has 3 saturated heterocycles. The average Bonchev–Trinajstić information content (AvgIpc) is 3.75. The molecule has 0 saturated carbocycles. The highest BCUT2D eigenvalue weighted by Crippen LogP contribution is 2.42. The molecule has 0 unspecified atom stereocenters. The summed E-state index contributed by atoms with van der Waals surface area (Å²) in [5.74, 6) is -0.170. The molecule has 4 aliphatic rings. The molecule has 63 heavy (non-hydrogen) atoms. The van der Waals surface area contributed by atoms with E-state index in [9.17, 15) is 24.0 Å². The Labute approximate surface area is 366 Å². The minimum absolute atomic E-state index is 0.0420. The van der Waals surface area contributed by atoms with Crippen LogP contribution in [-0.4, -0.2) is 135 Å². The van der Waals surface area contributed by atoms with Crippen molar-refractivity contribution in [1.29, 1.82) is 0 Å². The van der Waals surface area contributed by atoms with Gasteiger partial charge in [0, 0.05) is 107 Å². The van der Waals surface area contributed by atoms with E-state index in [0.717, 1.165) is 33.3 Å². The molecule has 4 aliphatic heterocycles.